The first kappa shape index (κ1) is 18.9. The van der Waals surface area contributed by atoms with Crippen molar-refractivity contribution in [1.82, 2.24) is 5.32 Å². The molecule has 1 aliphatic heterocycles. The molecule has 0 aliphatic carbocycles. The molecule has 0 aromatic heterocycles. The second-order valence-electron chi connectivity index (χ2n) is 6.18. The van der Waals surface area contributed by atoms with E-state index in [0.29, 0.717) is 26.2 Å². The molecular weight excluding hydrogens is 359 g/mol. The van der Waals surface area contributed by atoms with Gasteiger partial charge in [-0.15, -0.1) is 0 Å². The van der Waals surface area contributed by atoms with Gasteiger partial charge in [-0.2, -0.15) is 13.2 Å². The number of piperazine rings is 1. The average molecular weight is 377 g/mol. The van der Waals surface area contributed by atoms with Crippen molar-refractivity contribution in [2.75, 3.05) is 31.1 Å². The normalized spacial score (nSPS) is 14.9. The van der Waals surface area contributed by atoms with E-state index in [9.17, 15) is 22.8 Å². The maximum absolute atomic E-state index is 13.7. The number of alkyl halides is 3. The van der Waals surface area contributed by atoms with Crippen LogP contribution in [0, 0.1) is 0 Å². The minimum absolute atomic E-state index is 0.0484. The highest BCUT2D eigenvalue weighted by Gasteiger charge is 2.39. The monoisotopic (exact) mass is 377 g/mol. The van der Waals surface area contributed by atoms with E-state index in [4.69, 9.17) is 5.73 Å². The Bertz CT molecular complexity index is 860. The Kier molecular flexibility index (Phi) is 5.18. The zero-order chi connectivity index (χ0) is 19.6. The number of ketones is 1. The molecule has 5 nitrogen and oxygen atoms in total. The van der Waals surface area contributed by atoms with E-state index in [1.54, 1.807) is 23.1 Å². The molecule has 3 N–H and O–H groups in total. The number of benzene rings is 2. The summed E-state index contributed by atoms with van der Waals surface area (Å²) in [4.78, 5) is 26.6. The van der Waals surface area contributed by atoms with Crippen molar-refractivity contribution in [3.8, 4) is 0 Å². The zero-order valence-electron chi connectivity index (χ0n) is 14.3. The molecule has 1 fully saturated rings. The highest BCUT2D eigenvalue weighted by molar-refractivity contribution is 6.16. The minimum Gasteiger partial charge on any atom is -0.368 e. The molecule has 0 spiro atoms. The van der Waals surface area contributed by atoms with Gasteiger partial charge in [-0.3, -0.25) is 9.59 Å². The third-order valence-corrected chi connectivity index (χ3v) is 4.45. The van der Waals surface area contributed by atoms with Crippen LogP contribution < -0.4 is 16.0 Å². The van der Waals surface area contributed by atoms with E-state index in [0.717, 1.165) is 12.1 Å². The van der Waals surface area contributed by atoms with Gasteiger partial charge in [-0.05, 0) is 12.1 Å². The molecule has 0 radical (unpaired) electrons. The fourth-order valence-corrected chi connectivity index (χ4v) is 3.21. The van der Waals surface area contributed by atoms with Crippen LogP contribution in [0.4, 0.5) is 18.9 Å². The summed E-state index contributed by atoms with van der Waals surface area (Å²) in [6, 6.07) is 9.50. The van der Waals surface area contributed by atoms with Crippen molar-refractivity contribution < 1.29 is 22.8 Å². The van der Waals surface area contributed by atoms with Crippen LogP contribution in [-0.2, 0) is 6.18 Å². The number of carbonyl (C=O) groups excluding carboxylic acids is 2. The Hall–Kier alpha value is -2.87. The van der Waals surface area contributed by atoms with Gasteiger partial charge in [-0.25, -0.2) is 0 Å². The van der Waals surface area contributed by atoms with Gasteiger partial charge < -0.3 is 16.0 Å². The number of amides is 1. The molecule has 2 aromatic rings. The topological polar surface area (TPSA) is 75.4 Å². The average Bonchev–Trinajstić information content (AvgIpc) is 2.66. The molecule has 1 aliphatic rings. The van der Waals surface area contributed by atoms with Crippen LogP contribution >= 0.6 is 0 Å². The van der Waals surface area contributed by atoms with Crippen molar-refractivity contribution in [2.24, 2.45) is 5.73 Å². The van der Waals surface area contributed by atoms with Crippen molar-refractivity contribution in [3.05, 3.63) is 64.7 Å². The molecule has 1 heterocycles. The summed E-state index contributed by atoms with van der Waals surface area (Å²) in [5.74, 6) is -1.67. The van der Waals surface area contributed by atoms with Crippen molar-refractivity contribution in [3.63, 3.8) is 0 Å². The molecule has 142 valence electrons. The van der Waals surface area contributed by atoms with Gasteiger partial charge in [0.1, 0.15) is 0 Å². The molecule has 0 bridgehead atoms. The molecule has 27 heavy (non-hydrogen) atoms. The third-order valence-electron chi connectivity index (χ3n) is 4.45. The van der Waals surface area contributed by atoms with Crippen molar-refractivity contribution in [1.29, 1.82) is 0 Å². The van der Waals surface area contributed by atoms with E-state index < -0.39 is 29.0 Å². The summed E-state index contributed by atoms with van der Waals surface area (Å²) in [5.41, 5.74) is 3.78. The number of hydrogen-bond acceptors (Lipinski definition) is 4. The van der Waals surface area contributed by atoms with Gasteiger partial charge in [0.25, 0.3) is 5.91 Å². The Morgan fingerprint density at radius 3 is 2.19 bits per heavy atom. The minimum atomic E-state index is -4.75. The molecular formula is C19H18F3N3O2. The van der Waals surface area contributed by atoms with Gasteiger partial charge in [0.2, 0.25) is 0 Å². The first-order chi connectivity index (χ1) is 12.8. The quantitative estimate of drug-likeness (QED) is 0.803. The summed E-state index contributed by atoms with van der Waals surface area (Å²) in [7, 11) is 0. The lowest BCUT2D eigenvalue weighted by molar-refractivity contribution is -0.137. The molecule has 0 unspecified atom stereocenters. The standard InChI is InChI=1S/C19H18F3N3O2/c20-19(21,22)14-7-6-13(18(23)27)16(25-10-8-24-9-11-25)15(14)17(26)12-4-2-1-3-5-12/h1-7,24H,8-11H2,(H2,23,27). The fraction of sp³-hybridized carbons (Fsp3) is 0.263. The molecule has 1 amide bonds. The molecule has 8 heteroatoms. The highest BCUT2D eigenvalue weighted by atomic mass is 19.4. The molecule has 2 aromatic carbocycles. The number of carbonyl (C=O) groups is 2. The lowest BCUT2D eigenvalue weighted by atomic mass is 9.92. The predicted molar refractivity (Wildman–Crippen MR) is 94.9 cm³/mol. The second-order valence-corrected chi connectivity index (χ2v) is 6.18. The highest BCUT2D eigenvalue weighted by Crippen LogP contribution is 2.39. The van der Waals surface area contributed by atoms with E-state index in [1.165, 1.54) is 12.1 Å². The first-order valence-corrected chi connectivity index (χ1v) is 8.40. The summed E-state index contributed by atoms with van der Waals surface area (Å²) in [6.45, 7) is 1.76. The van der Waals surface area contributed by atoms with Gasteiger partial charge in [-0.1, -0.05) is 30.3 Å². The largest absolute Gasteiger partial charge is 0.417 e. The molecule has 0 saturated carbocycles. The first-order valence-electron chi connectivity index (χ1n) is 8.40. The van der Waals surface area contributed by atoms with E-state index >= 15 is 0 Å². The molecule has 1 saturated heterocycles. The van der Waals surface area contributed by atoms with E-state index in [1.807, 2.05) is 0 Å². The Morgan fingerprint density at radius 2 is 1.63 bits per heavy atom. The van der Waals surface area contributed by atoms with Crippen LogP contribution in [-0.4, -0.2) is 37.9 Å². The molecule has 3 rings (SSSR count). The number of hydrogen-bond donors (Lipinski definition) is 2. The summed E-state index contributed by atoms with van der Waals surface area (Å²) in [6.07, 6.45) is -4.75. The third kappa shape index (κ3) is 3.80. The number of nitrogens with two attached hydrogens (primary N) is 1. The van der Waals surface area contributed by atoms with Crippen molar-refractivity contribution >= 4 is 17.4 Å². The summed E-state index contributed by atoms with van der Waals surface area (Å²) < 4.78 is 41.1. The Labute approximate surface area is 154 Å². The summed E-state index contributed by atoms with van der Waals surface area (Å²) in [5, 5.41) is 3.09. The number of anilines is 1. The van der Waals surface area contributed by atoms with Crippen LogP contribution in [0.2, 0.25) is 0 Å². The van der Waals surface area contributed by atoms with Crippen molar-refractivity contribution in [2.45, 2.75) is 6.18 Å². The number of primary amides is 1. The maximum atomic E-state index is 13.7. The van der Waals surface area contributed by atoms with Crippen LogP contribution in [0.1, 0.15) is 31.8 Å². The van der Waals surface area contributed by atoms with Gasteiger partial charge in [0, 0.05) is 31.7 Å². The van der Waals surface area contributed by atoms with Crippen LogP contribution in [0.3, 0.4) is 0 Å². The number of nitrogens with zero attached hydrogens (tertiary/aromatic N) is 1. The van der Waals surface area contributed by atoms with Gasteiger partial charge in [0.05, 0.1) is 22.4 Å². The lowest BCUT2D eigenvalue weighted by Crippen LogP contribution is -2.45. The summed E-state index contributed by atoms with van der Waals surface area (Å²) >= 11 is 0. The van der Waals surface area contributed by atoms with E-state index in [2.05, 4.69) is 5.32 Å². The molecule has 0 atom stereocenters. The SMILES string of the molecule is NC(=O)c1ccc(C(F)(F)F)c(C(=O)c2ccccc2)c1N1CCNCC1. The zero-order valence-corrected chi connectivity index (χ0v) is 14.3. The Morgan fingerprint density at radius 1 is 1.00 bits per heavy atom. The van der Waals surface area contributed by atoms with Gasteiger partial charge in [0.15, 0.2) is 5.78 Å². The number of halogens is 3. The Balaban J connectivity index is 2.30. The number of rotatable bonds is 4. The van der Waals surface area contributed by atoms with Crippen LogP contribution in [0.15, 0.2) is 42.5 Å². The predicted octanol–water partition coefficient (Wildman–Crippen LogP) is 2.44. The lowest BCUT2D eigenvalue weighted by Gasteiger charge is -2.33. The van der Waals surface area contributed by atoms with Crippen LogP contribution in [0.5, 0.6) is 0 Å². The van der Waals surface area contributed by atoms with E-state index in [-0.39, 0.29) is 16.8 Å². The number of nitrogens with one attached hydrogen (secondary N) is 1. The van der Waals surface area contributed by atoms with Crippen LogP contribution in [0.25, 0.3) is 0 Å². The fourth-order valence-electron chi connectivity index (χ4n) is 3.21. The van der Waals surface area contributed by atoms with Gasteiger partial charge >= 0.3 is 6.18 Å². The smallest absolute Gasteiger partial charge is 0.368 e. The maximum Gasteiger partial charge on any atom is 0.417 e. The second kappa shape index (κ2) is 7.40.